The maximum Gasteiger partial charge on any atom is 0.300 e. The van der Waals surface area contributed by atoms with E-state index in [2.05, 4.69) is 15.5 Å². The molecule has 0 unspecified atom stereocenters. The van der Waals surface area contributed by atoms with Crippen molar-refractivity contribution in [2.75, 3.05) is 14.2 Å². The molecule has 1 amide bonds. The summed E-state index contributed by atoms with van der Waals surface area (Å²) in [6, 6.07) is 14.7. The van der Waals surface area contributed by atoms with Gasteiger partial charge in [-0.1, -0.05) is 18.2 Å². The summed E-state index contributed by atoms with van der Waals surface area (Å²) in [7, 11) is 3.18. The number of benzene rings is 2. The molecule has 0 saturated heterocycles. The van der Waals surface area contributed by atoms with Crippen LogP contribution in [0.15, 0.2) is 65.7 Å². The van der Waals surface area contributed by atoms with Gasteiger partial charge < -0.3 is 14.8 Å². The molecule has 2 heterocycles. The molecule has 0 aliphatic rings. The largest absolute Gasteiger partial charge is 0.497 e. The Labute approximate surface area is 184 Å². The van der Waals surface area contributed by atoms with E-state index in [1.165, 1.54) is 4.57 Å². The Hall–Kier alpha value is -4.14. The van der Waals surface area contributed by atoms with Crippen LogP contribution >= 0.6 is 0 Å². The van der Waals surface area contributed by atoms with Gasteiger partial charge >= 0.3 is 5.56 Å². The fraction of sp³-hybridized carbons (Fsp3) is 0.217. The third kappa shape index (κ3) is 4.31. The maximum absolute atomic E-state index is 12.9. The van der Waals surface area contributed by atoms with Crippen molar-refractivity contribution in [3.63, 3.8) is 0 Å². The van der Waals surface area contributed by atoms with Crippen LogP contribution < -0.4 is 20.3 Å². The number of hydrogen-bond donors (Lipinski definition) is 1. The highest BCUT2D eigenvalue weighted by atomic mass is 16.5. The van der Waals surface area contributed by atoms with Crippen molar-refractivity contribution in [2.24, 2.45) is 0 Å². The maximum atomic E-state index is 12.9. The van der Waals surface area contributed by atoms with Crippen LogP contribution in [0.1, 0.15) is 17.8 Å². The van der Waals surface area contributed by atoms with Crippen LogP contribution in [0.5, 0.6) is 11.5 Å². The Morgan fingerprint density at radius 1 is 1.00 bits per heavy atom. The van der Waals surface area contributed by atoms with Crippen LogP contribution in [0, 0.1) is 0 Å². The zero-order chi connectivity index (χ0) is 22.5. The van der Waals surface area contributed by atoms with Crippen molar-refractivity contribution >= 4 is 11.6 Å². The Morgan fingerprint density at radius 3 is 2.53 bits per heavy atom. The van der Waals surface area contributed by atoms with E-state index in [4.69, 9.17) is 9.47 Å². The fourth-order valence-electron chi connectivity index (χ4n) is 3.41. The Kier molecular flexibility index (Phi) is 6.16. The van der Waals surface area contributed by atoms with Crippen LogP contribution in [0.3, 0.4) is 0 Å². The first-order valence-corrected chi connectivity index (χ1v) is 10.1. The molecule has 2 aromatic heterocycles. The predicted molar refractivity (Wildman–Crippen MR) is 118 cm³/mol. The van der Waals surface area contributed by atoms with Crippen LogP contribution in [0.25, 0.3) is 11.3 Å². The number of hydrogen-bond acceptors (Lipinski definition) is 6. The number of aryl methyl sites for hydroxylation is 1. The first kappa shape index (κ1) is 21.1. The SMILES string of the molecule is COc1ccc(-n2ccn3c(CCC(=O)NCc4ccccc4OC)nnc3c2=O)cc1. The molecular weight excluding hydrogens is 410 g/mol. The van der Waals surface area contributed by atoms with Crippen LogP contribution in [0.2, 0.25) is 0 Å². The molecule has 4 aromatic rings. The van der Waals surface area contributed by atoms with Gasteiger partial charge in [-0.05, 0) is 30.3 Å². The number of ether oxygens (including phenoxy) is 2. The second-order valence-electron chi connectivity index (χ2n) is 7.07. The first-order valence-electron chi connectivity index (χ1n) is 10.1. The number of methoxy groups -OCH3 is 2. The van der Waals surface area contributed by atoms with Gasteiger partial charge in [-0.25, -0.2) is 0 Å². The Morgan fingerprint density at radius 2 is 1.78 bits per heavy atom. The van der Waals surface area contributed by atoms with Gasteiger partial charge in [0.25, 0.3) is 0 Å². The summed E-state index contributed by atoms with van der Waals surface area (Å²) in [5.41, 5.74) is 1.50. The standard InChI is InChI=1S/C23H23N5O4/c1-31-18-9-7-17(8-10-18)27-13-14-28-20(25-26-22(28)23(27)30)11-12-21(29)24-15-16-5-3-4-6-19(16)32-2/h3-10,13-14H,11-12,15H2,1-2H3,(H,24,29). The first-order chi connectivity index (χ1) is 15.6. The van der Waals surface area contributed by atoms with Gasteiger partial charge in [-0.15, -0.1) is 10.2 Å². The molecule has 0 radical (unpaired) electrons. The van der Waals surface area contributed by atoms with Crippen LogP contribution in [-0.2, 0) is 17.8 Å². The smallest absolute Gasteiger partial charge is 0.300 e. The van der Waals surface area contributed by atoms with E-state index in [1.807, 2.05) is 24.3 Å². The van der Waals surface area contributed by atoms with Gasteiger partial charge in [0.1, 0.15) is 17.3 Å². The average Bonchev–Trinajstić information content (AvgIpc) is 3.26. The van der Waals surface area contributed by atoms with Gasteiger partial charge in [-0.2, -0.15) is 0 Å². The minimum atomic E-state index is -0.294. The van der Waals surface area contributed by atoms with E-state index in [-0.39, 0.29) is 23.5 Å². The quantitative estimate of drug-likeness (QED) is 0.457. The summed E-state index contributed by atoms with van der Waals surface area (Å²) in [6.45, 7) is 0.371. The molecule has 9 nitrogen and oxygen atoms in total. The van der Waals surface area contributed by atoms with Gasteiger partial charge in [0, 0.05) is 43.0 Å². The van der Waals surface area contributed by atoms with Crippen molar-refractivity contribution in [2.45, 2.75) is 19.4 Å². The van der Waals surface area contributed by atoms with E-state index in [1.54, 1.807) is 55.3 Å². The van der Waals surface area contributed by atoms with Crippen molar-refractivity contribution in [1.29, 1.82) is 0 Å². The number of nitrogens with one attached hydrogen (secondary N) is 1. The van der Waals surface area contributed by atoms with Gasteiger partial charge in [0.15, 0.2) is 0 Å². The Bertz CT molecular complexity index is 1290. The van der Waals surface area contributed by atoms with Gasteiger partial charge in [-0.3, -0.25) is 18.6 Å². The molecule has 0 aliphatic carbocycles. The molecule has 0 bridgehead atoms. The summed E-state index contributed by atoms with van der Waals surface area (Å²) in [5, 5.41) is 11.0. The lowest BCUT2D eigenvalue weighted by molar-refractivity contribution is -0.121. The lowest BCUT2D eigenvalue weighted by atomic mass is 10.2. The van der Waals surface area contributed by atoms with Crippen molar-refractivity contribution in [3.05, 3.63) is 82.7 Å². The molecule has 2 aromatic carbocycles. The molecule has 1 N–H and O–H groups in total. The molecule has 0 spiro atoms. The number of para-hydroxylation sites is 1. The number of aromatic nitrogens is 4. The molecule has 32 heavy (non-hydrogen) atoms. The number of carbonyl (C=O) groups is 1. The second-order valence-corrected chi connectivity index (χ2v) is 7.07. The minimum absolute atomic E-state index is 0.126. The van der Waals surface area contributed by atoms with E-state index < -0.39 is 0 Å². The summed E-state index contributed by atoms with van der Waals surface area (Å²) < 4.78 is 13.6. The predicted octanol–water partition coefficient (Wildman–Crippen LogP) is 2.15. The highest BCUT2D eigenvalue weighted by molar-refractivity contribution is 5.76. The van der Waals surface area contributed by atoms with E-state index in [0.29, 0.717) is 30.2 Å². The zero-order valence-corrected chi connectivity index (χ0v) is 17.8. The molecule has 4 rings (SSSR count). The van der Waals surface area contributed by atoms with Gasteiger partial charge in [0.2, 0.25) is 11.6 Å². The second kappa shape index (κ2) is 9.34. The molecular formula is C23H23N5O4. The van der Waals surface area contributed by atoms with Gasteiger partial charge in [0.05, 0.1) is 14.2 Å². The summed E-state index contributed by atoms with van der Waals surface area (Å²) in [5.74, 6) is 1.85. The molecule has 0 saturated carbocycles. The third-order valence-electron chi connectivity index (χ3n) is 5.14. The highest BCUT2D eigenvalue weighted by Crippen LogP contribution is 2.17. The number of fused-ring (bicyclic) bond motifs is 1. The fourth-order valence-corrected chi connectivity index (χ4v) is 3.41. The van der Waals surface area contributed by atoms with Crippen LogP contribution in [-0.4, -0.2) is 39.3 Å². The molecule has 0 aliphatic heterocycles. The van der Waals surface area contributed by atoms with E-state index in [0.717, 1.165) is 11.3 Å². The third-order valence-corrected chi connectivity index (χ3v) is 5.14. The highest BCUT2D eigenvalue weighted by Gasteiger charge is 2.13. The molecule has 164 valence electrons. The number of nitrogens with zero attached hydrogens (tertiary/aromatic N) is 4. The van der Waals surface area contributed by atoms with E-state index in [9.17, 15) is 9.59 Å². The topological polar surface area (TPSA) is 99.8 Å². The molecule has 9 heteroatoms. The van der Waals surface area contributed by atoms with Crippen molar-refractivity contribution < 1.29 is 14.3 Å². The molecule has 0 atom stereocenters. The zero-order valence-electron chi connectivity index (χ0n) is 17.8. The average molecular weight is 433 g/mol. The number of amides is 1. The van der Waals surface area contributed by atoms with Crippen molar-refractivity contribution in [1.82, 2.24) is 24.5 Å². The Balaban J connectivity index is 1.44. The van der Waals surface area contributed by atoms with Crippen LogP contribution in [0.4, 0.5) is 0 Å². The van der Waals surface area contributed by atoms with Crippen molar-refractivity contribution in [3.8, 4) is 17.2 Å². The van der Waals surface area contributed by atoms with E-state index >= 15 is 0 Å². The lowest BCUT2D eigenvalue weighted by Gasteiger charge is -2.09. The minimum Gasteiger partial charge on any atom is -0.497 e. The monoisotopic (exact) mass is 433 g/mol. The summed E-state index contributed by atoms with van der Waals surface area (Å²) in [6.07, 6.45) is 3.96. The lowest BCUT2D eigenvalue weighted by Crippen LogP contribution is -2.24. The number of carbonyl (C=O) groups excluding carboxylic acids is 1. The number of rotatable bonds is 8. The normalized spacial score (nSPS) is 10.8. The molecule has 0 fully saturated rings. The summed E-state index contributed by atoms with van der Waals surface area (Å²) >= 11 is 0. The summed E-state index contributed by atoms with van der Waals surface area (Å²) in [4.78, 5) is 25.2.